The van der Waals surface area contributed by atoms with Crippen LogP contribution in [0.2, 0.25) is 0 Å². The van der Waals surface area contributed by atoms with Gasteiger partial charge in [0.15, 0.2) is 5.65 Å². The van der Waals surface area contributed by atoms with Crippen molar-refractivity contribution in [3.8, 4) is 11.3 Å². The highest BCUT2D eigenvalue weighted by Crippen LogP contribution is 2.28. The highest BCUT2D eigenvalue weighted by Gasteiger charge is 2.19. The summed E-state index contributed by atoms with van der Waals surface area (Å²) in [6.07, 6.45) is 0. The molecular weight excluding hydrogens is 446 g/mol. The summed E-state index contributed by atoms with van der Waals surface area (Å²) in [6, 6.07) is 22.2. The standard InChI is InChI=1S/C26H21N5O2S/c1-16-23-20(15-21(17-8-4-3-5-9-17)29-24(23)31(2)30-16)25(32)27-18-10-6-11-19(14-18)28-26(33)22-12-7-13-34-22/h3-15H,1-2H3,(H,27,32)(H,28,33). The topological polar surface area (TPSA) is 88.9 Å². The van der Waals surface area contributed by atoms with Gasteiger partial charge in [-0.15, -0.1) is 11.3 Å². The van der Waals surface area contributed by atoms with E-state index in [1.54, 1.807) is 41.1 Å². The molecule has 0 aliphatic heterocycles. The molecular formula is C26H21N5O2S. The van der Waals surface area contributed by atoms with Crippen molar-refractivity contribution in [1.82, 2.24) is 14.8 Å². The Hall–Kier alpha value is -4.30. The molecule has 0 bridgehead atoms. The number of hydrogen-bond donors (Lipinski definition) is 2. The third kappa shape index (κ3) is 4.18. The zero-order chi connectivity index (χ0) is 23.7. The largest absolute Gasteiger partial charge is 0.322 e. The van der Waals surface area contributed by atoms with Crippen LogP contribution < -0.4 is 10.6 Å². The lowest BCUT2D eigenvalue weighted by atomic mass is 10.0. The lowest BCUT2D eigenvalue weighted by molar-refractivity contribution is 0.102. The van der Waals surface area contributed by atoms with Gasteiger partial charge in [-0.2, -0.15) is 5.10 Å². The molecule has 0 spiro atoms. The maximum absolute atomic E-state index is 13.4. The van der Waals surface area contributed by atoms with E-state index in [1.807, 2.05) is 55.7 Å². The number of hydrogen-bond acceptors (Lipinski definition) is 5. The minimum absolute atomic E-state index is 0.187. The quantitative estimate of drug-likeness (QED) is 0.357. The number of thiophene rings is 1. The van der Waals surface area contributed by atoms with Gasteiger partial charge in [-0.25, -0.2) is 4.98 Å². The van der Waals surface area contributed by atoms with Crippen molar-refractivity contribution in [2.75, 3.05) is 10.6 Å². The minimum Gasteiger partial charge on any atom is -0.322 e. The Balaban J connectivity index is 1.47. The summed E-state index contributed by atoms with van der Waals surface area (Å²) in [5.41, 5.74) is 4.63. The van der Waals surface area contributed by atoms with Gasteiger partial charge in [0.05, 0.1) is 27.2 Å². The lowest BCUT2D eigenvalue weighted by Crippen LogP contribution is -2.14. The van der Waals surface area contributed by atoms with Gasteiger partial charge < -0.3 is 10.6 Å². The number of aryl methyl sites for hydroxylation is 2. The summed E-state index contributed by atoms with van der Waals surface area (Å²) in [4.78, 5) is 31.2. The van der Waals surface area contributed by atoms with Gasteiger partial charge in [0.1, 0.15) is 0 Å². The minimum atomic E-state index is -0.276. The summed E-state index contributed by atoms with van der Waals surface area (Å²) in [7, 11) is 1.82. The van der Waals surface area contributed by atoms with E-state index in [-0.39, 0.29) is 11.8 Å². The number of benzene rings is 2. The first-order valence-corrected chi connectivity index (χ1v) is 11.5. The number of amides is 2. The summed E-state index contributed by atoms with van der Waals surface area (Å²) >= 11 is 1.37. The summed E-state index contributed by atoms with van der Waals surface area (Å²) in [6.45, 7) is 1.86. The van der Waals surface area contributed by atoms with E-state index >= 15 is 0 Å². The normalized spacial score (nSPS) is 10.9. The predicted molar refractivity (Wildman–Crippen MR) is 135 cm³/mol. The fraction of sp³-hybridized carbons (Fsp3) is 0.0769. The Bertz CT molecular complexity index is 1510. The van der Waals surface area contributed by atoms with Gasteiger partial charge in [0.25, 0.3) is 11.8 Å². The van der Waals surface area contributed by atoms with Crippen molar-refractivity contribution >= 4 is 45.6 Å². The number of carbonyl (C=O) groups excluding carboxylic acids is 2. The van der Waals surface area contributed by atoms with Crippen molar-refractivity contribution in [1.29, 1.82) is 0 Å². The van der Waals surface area contributed by atoms with Crippen molar-refractivity contribution in [3.63, 3.8) is 0 Å². The summed E-state index contributed by atoms with van der Waals surface area (Å²) < 4.78 is 1.69. The molecule has 0 aliphatic carbocycles. The second kappa shape index (κ2) is 8.92. The van der Waals surface area contributed by atoms with Crippen molar-refractivity contribution in [2.45, 2.75) is 6.92 Å². The Morgan fingerprint density at radius 2 is 1.62 bits per heavy atom. The molecule has 5 rings (SSSR count). The van der Waals surface area contributed by atoms with E-state index in [4.69, 9.17) is 4.98 Å². The first kappa shape index (κ1) is 21.5. The average molecular weight is 468 g/mol. The number of nitrogens with one attached hydrogen (secondary N) is 2. The molecule has 34 heavy (non-hydrogen) atoms. The maximum Gasteiger partial charge on any atom is 0.265 e. The molecule has 0 saturated heterocycles. The van der Waals surface area contributed by atoms with Crippen LogP contribution in [0.15, 0.2) is 78.2 Å². The van der Waals surface area contributed by atoms with Crippen LogP contribution in [-0.2, 0) is 7.05 Å². The van der Waals surface area contributed by atoms with Crippen LogP contribution in [0.1, 0.15) is 25.7 Å². The number of aromatic nitrogens is 3. The number of fused-ring (bicyclic) bond motifs is 1. The second-order valence-corrected chi connectivity index (χ2v) is 8.74. The van der Waals surface area contributed by atoms with Gasteiger partial charge in [-0.1, -0.05) is 42.5 Å². The maximum atomic E-state index is 13.4. The van der Waals surface area contributed by atoms with Gasteiger partial charge in [-0.3, -0.25) is 14.3 Å². The highest BCUT2D eigenvalue weighted by atomic mass is 32.1. The van der Waals surface area contributed by atoms with Gasteiger partial charge in [0, 0.05) is 24.0 Å². The zero-order valence-corrected chi connectivity index (χ0v) is 19.4. The molecule has 3 heterocycles. The van der Waals surface area contributed by atoms with Crippen LogP contribution in [0, 0.1) is 6.92 Å². The summed E-state index contributed by atoms with van der Waals surface area (Å²) in [5, 5.41) is 12.9. The van der Waals surface area contributed by atoms with E-state index in [0.29, 0.717) is 38.5 Å². The number of carbonyl (C=O) groups is 2. The number of anilines is 2. The molecule has 8 heteroatoms. The van der Waals surface area contributed by atoms with Crippen LogP contribution in [0.4, 0.5) is 11.4 Å². The third-order valence-electron chi connectivity index (χ3n) is 5.41. The van der Waals surface area contributed by atoms with Crippen LogP contribution in [-0.4, -0.2) is 26.6 Å². The Morgan fingerprint density at radius 3 is 2.32 bits per heavy atom. The smallest absolute Gasteiger partial charge is 0.265 e. The lowest BCUT2D eigenvalue weighted by Gasteiger charge is -2.11. The third-order valence-corrected chi connectivity index (χ3v) is 6.27. The molecule has 2 aromatic carbocycles. The highest BCUT2D eigenvalue weighted by molar-refractivity contribution is 7.12. The molecule has 168 valence electrons. The fourth-order valence-corrected chi connectivity index (χ4v) is 4.47. The number of rotatable bonds is 5. The van der Waals surface area contributed by atoms with Gasteiger partial charge in [0.2, 0.25) is 0 Å². The van der Waals surface area contributed by atoms with E-state index in [2.05, 4.69) is 15.7 Å². The van der Waals surface area contributed by atoms with E-state index in [0.717, 1.165) is 11.3 Å². The number of nitrogens with zero attached hydrogens (tertiary/aromatic N) is 3. The molecule has 0 fully saturated rings. The monoisotopic (exact) mass is 467 g/mol. The molecule has 2 amide bonds. The van der Waals surface area contributed by atoms with Crippen LogP contribution >= 0.6 is 11.3 Å². The Kier molecular flexibility index (Phi) is 5.65. The Labute approximate surface area is 200 Å². The van der Waals surface area contributed by atoms with Crippen molar-refractivity contribution in [3.05, 3.63) is 94.3 Å². The van der Waals surface area contributed by atoms with Gasteiger partial charge in [-0.05, 0) is 42.6 Å². The molecule has 0 unspecified atom stereocenters. The molecule has 5 aromatic rings. The van der Waals surface area contributed by atoms with Crippen LogP contribution in [0.5, 0.6) is 0 Å². The molecule has 0 saturated carbocycles. The molecule has 7 nitrogen and oxygen atoms in total. The van der Waals surface area contributed by atoms with E-state index in [9.17, 15) is 9.59 Å². The van der Waals surface area contributed by atoms with Crippen LogP contribution in [0.3, 0.4) is 0 Å². The summed E-state index contributed by atoms with van der Waals surface area (Å²) in [5.74, 6) is -0.463. The van der Waals surface area contributed by atoms with Crippen molar-refractivity contribution < 1.29 is 9.59 Å². The first-order chi connectivity index (χ1) is 16.5. The van der Waals surface area contributed by atoms with Crippen LogP contribution in [0.25, 0.3) is 22.3 Å². The SMILES string of the molecule is Cc1nn(C)c2nc(-c3ccccc3)cc(C(=O)Nc3cccc(NC(=O)c4cccs4)c3)c12. The molecule has 3 aromatic heterocycles. The zero-order valence-electron chi connectivity index (χ0n) is 18.6. The average Bonchev–Trinajstić information content (AvgIpc) is 3.48. The van der Waals surface area contributed by atoms with E-state index < -0.39 is 0 Å². The van der Waals surface area contributed by atoms with Gasteiger partial charge >= 0.3 is 0 Å². The van der Waals surface area contributed by atoms with E-state index in [1.165, 1.54) is 11.3 Å². The molecule has 2 N–H and O–H groups in total. The number of pyridine rings is 1. The Morgan fingerprint density at radius 1 is 0.882 bits per heavy atom. The molecule has 0 atom stereocenters. The van der Waals surface area contributed by atoms with Crippen molar-refractivity contribution in [2.24, 2.45) is 7.05 Å². The molecule has 0 aliphatic rings. The first-order valence-electron chi connectivity index (χ1n) is 10.7. The second-order valence-electron chi connectivity index (χ2n) is 7.80. The predicted octanol–water partition coefficient (Wildman–Crippen LogP) is 5.51. The fourth-order valence-electron chi connectivity index (χ4n) is 3.85. The molecule has 0 radical (unpaired) electrons.